The fourth-order valence-corrected chi connectivity index (χ4v) is 1.79. The van der Waals surface area contributed by atoms with Crippen LogP contribution in [0.3, 0.4) is 0 Å². The van der Waals surface area contributed by atoms with Crippen LogP contribution in [0.4, 0.5) is 5.13 Å². The van der Waals surface area contributed by atoms with Crippen molar-refractivity contribution in [2.75, 3.05) is 5.32 Å². The van der Waals surface area contributed by atoms with Crippen LogP contribution >= 0.6 is 11.3 Å². The fraction of sp³-hybridized carbons (Fsp3) is 0.700. The first-order valence-corrected chi connectivity index (χ1v) is 5.72. The minimum atomic E-state index is 0.496. The lowest BCUT2D eigenvalue weighted by molar-refractivity contribution is 0.559. The van der Waals surface area contributed by atoms with Gasteiger partial charge in [0.1, 0.15) is 0 Å². The molecule has 0 bridgehead atoms. The highest BCUT2D eigenvalue weighted by molar-refractivity contribution is 7.13. The van der Waals surface area contributed by atoms with Gasteiger partial charge < -0.3 is 5.32 Å². The molecule has 0 aliphatic heterocycles. The summed E-state index contributed by atoms with van der Waals surface area (Å²) in [4.78, 5) is 4.46. The van der Waals surface area contributed by atoms with Crippen LogP contribution in [0.5, 0.6) is 0 Å². The van der Waals surface area contributed by atoms with Gasteiger partial charge in [-0.15, -0.1) is 11.3 Å². The number of aryl methyl sites for hydroxylation is 1. The lowest BCUT2D eigenvalue weighted by Gasteiger charge is -2.16. The second-order valence-electron chi connectivity index (χ2n) is 3.67. The molecule has 1 heterocycles. The third-order valence-corrected chi connectivity index (χ3v) is 3.09. The number of nitrogens with zero attached hydrogens (tertiary/aromatic N) is 1. The van der Waals surface area contributed by atoms with Crippen molar-refractivity contribution in [2.45, 2.75) is 40.2 Å². The molecule has 0 fully saturated rings. The third kappa shape index (κ3) is 2.99. The van der Waals surface area contributed by atoms with E-state index in [9.17, 15) is 0 Å². The Morgan fingerprint density at radius 2 is 2.15 bits per heavy atom. The van der Waals surface area contributed by atoms with Gasteiger partial charge in [0.05, 0.1) is 5.69 Å². The van der Waals surface area contributed by atoms with Gasteiger partial charge in [0, 0.05) is 11.4 Å². The monoisotopic (exact) mass is 198 g/mol. The Bertz CT molecular complexity index is 255. The highest BCUT2D eigenvalue weighted by atomic mass is 32.1. The molecule has 0 aromatic carbocycles. The zero-order chi connectivity index (χ0) is 9.84. The average Bonchev–Trinajstić information content (AvgIpc) is 2.52. The Labute approximate surface area is 84.4 Å². The number of hydrogen-bond donors (Lipinski definition) is 1. The van der Waals surface area contributed by atoms with E-state index in [0.29, 0.717) is 12.0 Å². The molecule has 1 N–H and O–H groups in total. The van der Waals surface area contributed by atoms with E-state index in [-0.39, 0.29) is 0 Å². The van der Waals surface area contributed by atoms with Gasteiger partial charge in [-0.2, -0.15) is 0 Å². The summed E-state index contributed by atoms with van der Waals surface area (Å²) in [5.41, 5.74) is 1.18. The van der Waals surface area contributed by atoms with Gasteiger partial charge in [-0.1, -0.05) is 20.8 Å². The second kappa shape index (κ2) is 4.61. The maximum absolute atomic E-state index is 4.46. The molecule has 1 unspecified atom stereocenters. The predicted molar refractivity (Wildman–Crippen MR) is 59.4 cm³/mol. The molecule has 0 saturated carbocycles. The maximum atomic E-state index is 4.46. The molecule has 3 heteroatoms. The van der Waals surface area contributed by atoms with E-state index in [1.54, 1.807) is 11.3 Å². The number of thiazole rings is 1. The molecule has 1 aromatic heterocycles. The largest absolute Gasteiger partial charge is 0.359 e. The predicted octanol–water partition coefficient (Wildman–Crippen LogP) is 3.16. The first kappa shape index (κ1) is 10.5. The van der Waals surface area contributed by atoms with E-state index >= 15 is 0 Å². The number of rotatable bonds is 4. The lowest BCUT2D eigenvalue weighted by atomic mass is 10.1. The van der Waals surface area contributed by atoms with Crippen molar-refractivity contribution in [3.05, 3.63) is 11.1 Å². The number of nitrogens with one attached hydrogen (secondary N) is 1. The van der Waals surface area contributed by atoms with E-state index in [2.05, 4.69) is 43.4 Å². The van der Waals surface area contributed by atoms with Gasteiger partial charge in [0.2, 0.25) is 0 Å². The summed E-state index contributed by atoms with van der Waals surface area (Å²) in [7, 11) is 0. The van der Waals surface area contributed by atoms with Crippen LogP contribution in [0, 0.1) is 5.92 Å². The zero-order valence-electron chi connectivity index (χ0n) is 8.79. The second-order valence-corrected chi connectivity index (χ2v) is 4.53. The van der Waals surface area contributed by atoms with Crippen LogP contribution in [0.25, 0.3) is 0 Å². The molecule has 1 aromatic rings. The first-order valence-electron chi connectivity index (χ1n) is 4.84. The molecule has 0 saturated heterocycles. The molecule has 0 spiro atoms. The summed E-state index contributed by atoms with van der Waals surface area (Å²) in [5.74, 6) is 0.647. The van der Waals surface area contributed by atoms with Crippen molar-refractivity contribution in [3.8, 4) is 0 Å². The maximum Gasteiger partial charge on any atom is 0.183 e. The van der Waals surface area contributed by atoms with Crippen LogP contribution in [-0.2, 0) is 6.42 Å². The molecule has 0 aliphatic rings. The van der Waals surface area contributed by atoms with E-state index in [1.165, 1.54) is 5.69 Å². The molecular weight excluding hydrogens is 180 g/mol. The van der Waals surface area contributed by atoms with Crippen molar-refractivity contribution < 1.29 is 0 Å². The van der Waals surface area contributed by atoms with Crippen LogP contribution in [-0.4, -0.2) is 11.0 Å². The highest BCUT2D eigenvalue weighted by Crippen LogP contribution is 2.18. The quantitative estimate of drug-likeness (QED) is 0.804. The molecule has 0 amide bonds. The van der Waals surface area contributed by atoms with E-state index < -0.39 is 0 Å². The molecule has 1 rings (SSSR count). The standard InChI is InChI=1S/C10H18N2S/c1-5-9-6-13-10(12-9)11-8(4)7(2)3/h6-8H,5H2,1-4H3,(H,11,12). The SMILES string of the molecule is CCc1csc(NC(C)C(C)C)n1. The van der Waals surface area contributed by atoms with Gasteiger partial charge in [0.15, 0.2) is 5.13 Å². The van der Waals surface area contributed by atoms with Gasteiger partial charge in [-0.25, -0.2) is 4.98 Å². The fourth-order valence-electron chi connectivity index (χ4n) is 0.897. The van der Waals surface area contributed by atoms with E-state index in [1.807, 2.05) is 0 Å². The van der Waals surface area contributed by atoms with Gasteiger partial charge >= 0.3 is 0 Å². The smallest absolute Gasteiger partial charge is 0.183 e. The topological polar surface area (TPSA) is 24.9 Å². The van der Waals surface area contributed by atoms with Crippen LogP contribution in [0.1, 0.15) is 33.4 Å². The lowest BCUT2D eigenvalue weighted by Crippen LogP contribution is -2.21. The normalized spacial score (nSPS) is 13.3. The Morgan fingerprint density at radius 3 is 2.62 bits per heavy atom. The Morgan fingerprint density at radius 1 is 1.46 bits per heavy atom. The summed E-state index contributed by atoms with van der Waals surface area (Å²) in [6.07, 6.45) is 1.02. The van der Waals surface area contributed by atoms with Crippen molar-refractivity contribution in [3.63, 3.8) is 0 Å². The molecular formula is C10H18N2S. The molecule has 2 nitrogen and oxygen atoms in total. The number of aromatic nitrogens is 1. The van der Waals surface area contributed by atoms with Crippen LogP contribution in [0.2, 0.25) is 0 Å². The molecule has 74 valence electrons. The molecule has 1 atom stereocenters. The van der Waals surface area contributed by atoms with Crippen molar-refractivity contribution in [1.82, 2.24) is 4.98 Å². The summed E-state index contributed by atoms with van der Waals surface area (Å²) < 4.78 is 0. The number of anilines is 1. The minimum absolute atomic E-state index is 0.496. The summed E-state index contributed by atoms with van der Waals surface area (Å²) >= 11 is 1.70. The van der Waals surface area contributed by atoms with Gasteiger partial charge in [-0.05, 0) is 19.3 Å². The van der Waals surface area contributed by atoms with Crippen molar-refractivity contribution in [2.24, 2.45) is 5.92 Å². The van der Waals surface area contributed by atoms with E-state index in [0.717, 1.165) is 11.6 Å². The van der Waals surface area contributed by atoms with Gasteiger partial charge in [-0.3, -0.25) is 0 Å². The summed E-state index contributed by atoms with van der Waals surface area (Å²) in [6, 6.07) is 0.496. The van der Waals surface area contributed by atoms with Crippen LogP contribution in [0.15, 0.2) is 5.38 Å². The third-order valence-electron chi connectivity index (χ3n) is 2.27. The van der Waals surface area contributed by atoms with Crippen molar-refractivity contribution >= 4 is 16.5 Å². The summed E-state index contributed by atoms with van der Waals surface area (Å²) in [5, 5.41) is 6.58. The van der Waals surface area contributed by atoms with E-state index in [4.69, 9.17) is 0 Å². The Kier molecular flexibility index (Phi) is 3.72. The zero-order valence-corrected chi connectivity index (χ0v) is 9.61. The Balaban J connectivity index is 2.53. The molecule has 0 aliphatic carbocycles. The van der Waals surface area contributed by atoms with Gasteiger partial charge in [0.25, 0.3) is 0 Å². The Hall–Kier alpha value is -0.570. The highest BCUT2D eigenvalue weighted by Gasteiger charge is 2.08. The van der Waals surface area contributed by atoms with Crippen LogP contribution < -0.4 is 5.32 Å². The molecule has 0 radical (unpaired) electrons. The minimum Gasteiger partial charge on any atom is -0.359 e. The average molecular weight is 198 g/mol. The number of hydrogen-bond acceptors (Lipinski definition) is 3. The molecule has 13 heavy (non-hydrogen) atoms. The first-order chi connectivity index (χ1) is 6.13. The summed E-state index contributed by atoms with van der Waals surface area (Å²) in [6.45, 7) is 8.75. The van der Waals surface area contributed by atoms with Crippen molar-refractivity contribution in [1.29, 1.82) is 0 Å².